The summed E-state index contributed by atoms with van der Waals surface area (Å²) >= 11 is 3.53. The maximum Gasteiger partial charge on any atom is 0.223 e. The molecular formula is C14H26BrNO. The smallest absolute Gasteiger partial charge is 0.223 e. The van der Waals surface area contributed by atoms with Crippen LogP contribution in [0, 0.1) is 11.3 Å². The van der Waals surface area contributed by atoms with E-state index in [9.17, 15) is 4.79 Å². The molecule has 1 aliphatic rings. The molecule has 1 saturated carbocycles. The second-order valence-electron chi connectivity index (χ2n) is 6.21. The van der Waals surface area contributed by atoms with Gasteiger partial charge < -0.3 is 5.32 Å². The summed E-state index contributed by atoms with van der Waals surface area (Å²) in [5.74, 6) is 0.458. The number of amides is 1. The van der Waals surface area contributed by atoms with Crippen molar-refractivity contribution in [2.45, 2.75) is 70.7 Å². The Bertz CT molecular complexity index is 263. The van der Waals surface area contributed by atoms with Gasteiger partial charge in [0.05, 0.1) is 0 Å². The van der Waals surface area contributed by atoms with Gasteiger partial charge in [-0.3, -0.25) is 4.79 Å². The van der Waals surface area contributed by atoms with Gasteiger partial charge in [0.25, 0.3) is 0 Å². The minimum atomic E-state index is 0.169. The molecule has 0 bridgehead atoms. The molecule has 3 atom stereocenters. The predicted molar refractivity (Wildman–Crippen MR) is 76.3 cm³/mol. The van der Waals surface area contributed by atoms with Crippen LogP contribution in [-0.2, 0) is 4.79 Å². The molecule has 0 heterocycles. The maximum atomic E-state index is 12.3. The average molecular weight is 304 g/mol. The number of carbonyl (C=O) groups is 1. The Morgan fingerprint density at radius 3 is 2.59 bits per heavy atom. The lowest BCUT2D eigenvalue weighted by molar-refractivity contribution is -0.130. The summed E-state index contributed by atoms with van der Waals surface area (Å²) in [4.78, 5) is 12.7. The lowest BCUT2D eigenvalue weighted by Gasteiger charge is -2.38. The molecule has 2 nitrogen and oxygen atoms in total. The molecule has 0 aliphatic heterocycles. The van der Waals surface area contributed by atoms with Gasteiger partial charge in [-0.15, -0.1) is 0 Å². The number of alkyl halides is 1. The number of halogens is 1. The minimum Gasteiger partial charge on any atom is -0.353 e. The van der Waals surface area contributed by atoms with Gasteiger partial charge in [-0.25, -0.2) is 0 Å². The highest BCUT2D eigenvalue weighted by molar-refractivity contribution is 9.09. The molecule has 1 fully saturated rings. The summed E-state index contributed by atoms with van der Waals surface area (Å²) in [6, 6.07) is 0.259. The third-order valence-electron chi connectivity index (χ3n) is 3.89. The van der Waals surface area contributed by atoms with E-state index in [4.69, 9.17) is 0 Å². The zero-order valence-corrected chi connectivity index (χ0v) is 13.1. The van der Waals surface area contributed by atoms with Gasteiger partial charge in [-0.2, -0.15) is 0 Å². The molecule has 0 saturated heterocycles. The molecule has 1 rings (SSSR count). The van der Waals surface area contributed by atoms with E-state index in [1.165, 1.54) is 19.3 Å². The molecule has 3 heteroatoms. The second kappa shape index (κ2) is 6.21. The number of hydrogen-bond acceptors (Lipinski definition) is 1. The van der Waals surface area contributed by atoms with E-state index in [0.717, 1.165) is 12.8 Å². The van der Waals surface area contributed by atoms with Crippen LogP contribution in [0.5, 0.6) is 0 Å². The summed E-state index contributed by atoms with van der Waals surface area (Å²) in [7, 11) is 0. The van der Waals surface area contributed by atoms with Crippen molar-refractivity contribution in [3.63, 3.8) is 0 Å². The molecule has 0 spiro atoms. The Morgan fingerprint density at radius 2 is 2.06 bits per heavy atom. The topological polar surface area (TPSA) is 29.1 Å². The lowest BCUT2D eigenvalue weighted by Crippen LogP contribution is -2.44. The van der Waals surface area contributed by atoms with Crippen LogP contribution in [0.15, 0.2) is 0 Å². The van der Waals surface area contributed by atoms with Crippen LogP contribution in [0.1, 0.15) is 59.8 Å². The first-order chi connectivity index (χ1) is 7.83. The van der Waals surface area contributed by atoms with Crippen molar-refractivity contribution in [3.8, 4) is 0 Å². The molecule has 17 heavy (non-hydrogen) atoms. The fourth-order valence-corrected chi connectivity index (χ4v) is 3.43. The van der Waals surface area contributed by atoms with Crippen molar-refractivity contribution >= 4 is 21.8 Å². The van der Waals surface area contributed by atoms with Crippen LogP contribution < -0.4 is 5.32 Å². The Labute approximate surface area is 114 Å². The van der Waals surface area contributed by atoms with E-state index < -0.39 is 0 Å². The molecular weight excluding hydrogens is 278 g/mol. The van der Waals surface area contributed by atoms with Crippen molar-refractivity contribution in [1.82, 2.24) is 5.32 Å². The summed E-state index contributed by atoms with van der Waals surface area (Å²) in [5.41, 5.74) is 0.169. The summed E-state index contributed by atoms with van der Waals surface area (Å²) in [6.45, 7) is 8.67. The molecule has 0 radical (unpaired) electrons. The van der Waals surface area contributed by atoms with E-state index in [0.29, 0.717) is 4.83 Å². The van der Waals surface area contributed by atoms with E-state index in [1.807, 2.05) is 0 Å². The summed E-state index contributed by atoms with van der Waals surface area (Å²) in [5, 5.41) is 3.17. The highest BCUT2D eigenvalue weighted by atomic mass is 79.9. The van der Waals surface area contributed by atoms with Crippen LogP contribution in [0.25, 0.3) is 0 Å². The van der Waals surface area contributed by atoms with Crippen molar-refractivity contribution in [1.29, 1.82) is 0 Å². The SMILES string of the molecule is CC(Br)CC(C)NC(=O)C1CCCCC1(C)C. The first kappa shape index (κ1) is 15.0. The van der Waals surface area contributed by atoms with Gasteiger partial charge in [0.1, 0.15) is 0 Å². The largest absolute Gasteiger partial charge is 0.353 e. The Morgan fingerprint density at radius 1 is 1.41 bits per heavy atom. The third-order valence-corrected chi connectivity index (χ3v) is 4.26. The number of rotatable bonds is 4. The highest BCUT2D eigenvalue weighted by Gasteiger charge is 2.37. The van der Waals surface area contributed by atoms with Crippen LogP contribution in [0.3, 0.4) is 0 Å². The molecule has 100 valence electrons. The predicted octanol–water partition coefficient (Wildman–Crippen LogP) is 3.88. The Kier molecular flexibility index (Phi) is 5.49. The molecule has 0 aromatic rings. The summed E-state index contributed by atoms with van der Waals surface area (Å²) in [6.07, 6.45) is 5.68. The van der Waals surface area contributed by atoms with Gasteiger partial charge in [-0.05, 0) is 31.6 Å². The first-order valence-electron chi connectivity index (χ1n) is 6.77. The second-order valence-corrected chi connectivity index (χ2v) is 7.78. The zero-order chi connectivity index (χ0) is 13.1. The highest BCUT2D eigenvalue weighted by Crippen LogP contribution is 2.40. The van der Waals surface area contributed by atoms with Crippen molar-refractivity contribution in [3.05, 3.63) is 0 Å². The molecule has 0 aromatic heterocycles. The van der Waals surface area contributed by atoms with Crippen molar-refractivity contribution < 1.29 is 4.79 Å². The fraction of sp³-hybridized carbons (Fsp3) is 0.929. The van der Waals surface area contributed by atoms with Crippen LogP contribution in [-0.4, -0.2) is 16.8 Å². The van der Waals surface area contributed by atoms with Gasteiger partial charge in [-0.1, -0.05) is 49.5 Å². The van der Waals surface area contributed by atoms with E-state index in [-0.39, 0.29) is 23.3 Å². The number of hydrogen-bond donors (Lipinski definition) is 1. The van der Waals surface area contributed by atoms with Gasteiger partial charge >= 0.3 is 0 Å². The quantitative estimate of drug-likeness (QED) is 0.785. The van der Waals surface area contributed by atoms with Crippen LogP contribution in [0.2, 0.25) is 0 Å². The molecule has 3 unspecified atom stereocenters. The molecule has 1 N–H and O–H groups in total. The van der Waals surface area contributed by atoms with Gasteiger partial charge in [0.2, 0.25) is 5.91 Å². The average Bonchev–Trinajstić information content (AvgIpc) is 2.14. The molecule has 1 amide bonds. The van der Waals surface area contributed by atoms with Crippen LogP contribution >= 0.6 is 15.9 Å². The normalized spacial score (nSPS) is 27.2. The molecule has 0 aromatic carbocycles. The van der Waals surface area contributed by atoms with Gasteiger partial charge in [0.15, 0.2) is 0 Å². The molecule has 1 aliphatic carbocycles. The van der Waals surface area contributed by atoms with Crippen molar-refractivity contribution in [2.24, 2.45) is 11.3 Å². The zero-order valence-electron chi connectivity index (χ0n) is 11.6. The first-order valence-corrected chi connectivity index (χ1v) is 7.69. The Hall–Kier alpha value is -0.0500. The van der Waals surface area contributed by atoms with Crippen molar-refractivity contribution in [2.75, 3.05) is 0 Å². The minimum absolute atomic E-state index is 0.169. The van der Waals surface area contributed by atoms with Crippen LogP contribution in [0.4, 0.5) is 0 Å². The fourth-order valence-electron chi connectivity index (χ4n) is 2.87. The Balaban J connectivity index is 2.51. The monoisotopic (exact) mass is 303 g/mol. The number of carbonyl (C=O) groups excluding carboxylic acids is 1. The standard InChI is InChI=1S/C14H26BrNO/c1-10(15)9-11(2)16-13(17)12-7-5-6-8-14(12,3)4/h10-12H,5-9H2,1-4H3,(H,16,17). The van der Waals surface area contributed by atoms with Gasteiger partial charge in [0, 0.05) is 16.8 Å². The summed E-state index contributed by atoms with van der Waals surface area (Å²) < 4.78 is 0. The maximum absolute atomic E-state index is 12.3. The van der Waals surface area contributed by atoms with E-state index >= 15 is 0 Å². The lowest BCUT2D eigenvalue weighted by atomic mass is 9.68. The third kappa shape index (κ3) is 4.61. The van der Waals surface area contributed by atoms with E-state index in [2.05, 4.69) is 48.9 Å². The number of nitrogens with one attached hydrogen (secondary N) is 1. The van der Waals surface area contributed by atoms with E-state index in [1.54, 1.807) is 0 Å².